The molecule has 0 heterocycles. The fourth-order valence-electron chi connectivity index (χ4n) is 2.15. The van der Waals surface area contributed by atoms with Crippen LogP contribution in [-0.4, -0.2) is 42.3 Å². The Morgan fingerprint density at radius 3 is 1.81 bits per heavy atom. The molecule has 0 spiro atoms. The van der Waals surface area contributed by atoms with E-state index >= 15 is 0 Å². The number of methoxy groups -OCH3 is 1. The first-order valence-corrected chi connectivity index (χ1v) is 7.75. The molecular formula is C13H27O2Sn. The van der Waals surface area contributed by atoms with E-state index in [2.05, 4.69) is 13.8 Å². The molecule has 0 amide bonds. The van der Waals surface area contributed by atoms with Crippen molar-refractivity contribution in [2.45, 2.75) is 70.8 Å². The first kappa shape index (κ1) is 16.7. The minimum absolute atomic E-state index is 0.126. The average molecular weight is 334 g/mol. The van der Waals surface area contributed by atoms with Crippen LogP contribution in [0.1, 0.15) is 65.2 Å². The normalized spacial score (nSPS) is 12.0. The van der Waals surface area contributed by atoms with Crippen molar-refractivity contribution in [1.82, 2.24) is 0 Å². The summed E-state index contributed by atoms with van der Waals surface area (Å²) in [6, 6.07) is 0. The van der Waals surface area contributed by atoms with Crippen LogP contribution >= 0.6 is 0 Å². The molecule has 0 aliphatic heterocycles. The van der Waals surface area contributed by atoms with E-state index in [1.807, 2.05) is 7.11 Å². The van der Waals surface area contributed by atoms with Gasteiger partial charge in [0.1, 0.15) is 0 Å². The van der Waals surface area contributed by atoms with Crippen LogP contribution in [0.4, 0.5) is 0 Å². The van der Waals surface area contributed by atoms with E-state index in [4.69, 9.17) is 7.81 Å². The Hall–Kier alpha value is 0.719. The van der Waals surface area contributed by atoms with Gasteiger partial charge in [-0.05, 0) is 0 Å². The molecule has 3 heteroatoms. The zero-order valence-corrected chi connectivity index (χ0v) is 14.0. The molecule has 0 aliphatic carbocycles. The SMILES string of the molecule is CCCCC(CCCC)(CCC[O][Sn])OC. The molecule has 0 saturated carbocycles. The summed E-state index contributed by atoms with van der Waals surface area (Å²) < 4.78 is 11.1. The van der Waals surface area contributed by atoms with E-state index in [1.165, 1.54) is 61.5 Å². The molecule has 95 valence electrons. The molecule has 0 rings (SSSR count). The van der Waals surface area contributed by atoms with Crippen molar-refractivity contribution in [3.05, 3.63) is 0 Å². The van der Waals surface area contributed by atoms with Crippen LogP contribution in [0.3, 0.4) is 0 Å². The van der Waals surface area contributed by atoms with E-state index in [1.54, 1.807) is 0 Å². The Kier molecular flexibility index (Phi) is 11.3. The van der Waals surface area contributed by atoms with E-state index in [0.29, 0.717) is 0 Å². The van der Waals surface area contributed by atoms with Gasteiger partial charge in [0.15, 0.2) is 0 Å². The van der Waals surface area contributed by atoms with E-state index in [-0.39, 0.29) is 5.60 Å². The topological polar surface area (TPSA) is 18.5 Å². The number of ether oxygens (including phenoxy) is 1. The Labute approximate surface area is 115 Å². The van der Waals surface area contributed by atoms with Gasteiger partial charge in [0.05, 0.1) is 0 Å². The zero-order valence-electron chi connectivity index (χ0n) is 11.2. The van der Waals surface area contributed by atoms with Gasteiger partial charge in [-0.15, -0.1) is 0 Å². The molecule has 3 radical (unpaired) electrons. The van der Waals surface area contributed by atoms with Crippen molar-refractivity contribution < 1.29 is 7.81 Å². The van der Waals surface area contributed by atoms with Crippen LogP contribution in [0.15, 0.2) is 0 Å². The maximum absolute atomic E-state index is 5.84. The van der Waals surface area contributed by atoms with Crippen molar-refractivity contribution in [2.75, 3.05) is 13.7 Å². The van der Waals surface area contributed by atoms with Crippen molar-refractivity contribution in [1.29, 1.82) is 0 Å². The summed E-state index contributed by atoms with van der Waals surface area (Å²) in [5.74, 6) is 0. The predicted octanol–water partition coefficient (Wildman–Crippen LogP) is 3.63. The predicted molar refractivity (Wildman–Crippen MR) is 69.7 cm³/mol. The van der Waals surface area contributed by atoms with E-state index in [9.17, 15) is 0 Å². The van der Waals surface area contributed by atoms with Crippen LogP contribution in [0.25, 0.3) is 0 Å². The Morgan fingerprint density at radius 2 is 1.44 bits per heavy atom. The molecule has 0 atom stereocenters. The number of hydrogen-bond donors (Lipinski definition) is 0. The van der Waals surface area contributed by atoms with Gasteiger partial charge < -0.3 is 0 Å². The minimum atomic E-state index is 0.126. The third kappa shape index (κ3) is 7.12. The summed E-state index contributed by atoms with van der Waals surface area (Å²) in [4.78, 5) is 0. The molecule has 2 nitrogen and oxygen atoms in total. The third-order valence-electron chi connectivity index (χ3n) is 3.28. The summed E-state index contributed by atoms with van der Waals surface area (Å²) in [5, 5.41) is 0. The van der Waals surface area contributed by atoms with Crippen LogP contribution < -0.4 is 0 Å². The fraction of sp³-hybridized carbons (Fsp3) is 1.00. The molecule has 0 bridgehead atoms. The molecule has 0 unspecified atom stereocenters. The van der Waals surface area contributed by atoms with Gasteiger partial charge in [0, 0.05) is 0 Å². The molecule has 0 aromatic rings. The quantitative estimate of drug-likeness (QED) is 0.424. The maximum atomic E-state index is 5.84. The van der Waals surface area contributed by atoms with Gasteiger partial charge in [-0.1, -0.05) is 0 Å². The second kappa shape index (κ2) is 10.8. The van der Waals surface area contributed by atoms with E-state index in [0.717, 1.165) is 19.4 Å². The van der Waals surface area contributed by atoms with Crippen LogP contribution in [0.2, 0.25) is 0 Å². The third-order valence-corrected chi connectivity index (χ3v) is 3.87. The Bertz CT molecular complexity index is 143. The molecule has 0 aromatic heterocycles. The van der Waals surface area contributed by atoms with Gasteiger partial charge in [-0.3, -0.25) is 0 Å². The van der Waals surface area contributed by atoms with E-state index < -0.39 is 0 Å². The first-order valence-electron chi connectivity index (χ1n) is 6.58. The van der Waals surface area contributed by atoms with Gasteiger partial charge in [-0.25, -0.2) is 0 Å². The second-order valence-electron chi connectivity index (χ2n) is 4.55. The molecule has 0 fully saturated rings. The Balaban J connectivity index is 4.16. The first-order chi connectivity index (χ1) is 7.74. The molecule has 0 aliphatic rings. The summed E-state index contributed by atoms with van der Waals surface area (Å²) in [5.41, 5.74) is 0.126. The van der Waals surface area contributed by atoms with Gasteiger partial charge >= 0.3 is 115 Å². The summed E-state index contributed by atoms with van der Waals surface area (Å²) in [6.07, 6.45) is 9.75. The Morgan fingerprint density at radius 1 is 0.938 bits per heavy atom. The molecule has 16 heavy (non-hydrogen) atoms. The van der Waals surface area contributed by atoms with Crippen LogP contribution in [0, 0.1) is 0 Å². The van der Waals surface area contributed by atoms with Gasteiger partial charge in [0.2, 0.25) is 0 Å². The average Bonchev–Trinajstić information content (AvgIpc) is 2.32. The second-order valence-corrected chi connectivity index (χ2v) is 5.37. The van der Waals surface area contributed by atoms with Crippen molar-refractivity contribution in [3.63, 3.8) is 0 Å². The van der Waals surface area contributed by atoms with Crippen molar-refractivity contribution in [2.24, 2.45) is 0 Å². The summed E-state index contributed by atoms with van der Waals surface area (Å²) in [7, 11) is 1.88. The number of unbranched alkanes of at least 4 members (excludes halogenated alkanes) is 2. The summed E-state index contributed by atoms with van der Waals surface area (Å²) >= 11 is 1.18. The molecule has 0 aromatic carbocycles. The van der Waals surface area contributed by atoms with Gasteiger partial charge in [0.25, 0.3) is 0 Å². The van der Waals surface area contributed by atoms with Crippen molar-refractivity contribution >= 4 is 22.9 Å². The van der Waals surface area contributed by atoms with Crippen molar-refractivity contribution in [3.8, 4) is 0 Å². The monoisotopic (exact) mass is 335 g/mol. The molecule has 0 saturated heterocycles. The molecule has 0 N–H and O–H groups in total. The zero-order chi connectivity index (χ0) is 12.3. The van der Waals surface area contributed by atoms with Crippen LogP contribution in [-0.2, 0) is 7.81 Å². The number of rotatable bonds is 11. The summed E-state index contributed by atoms with van der Waals surface area (Å²) in [6.45, 7) is 5.39. The number of hydrogen-bond acceptors (Lipinski definition) is 2. The standard InChI is InChI=1S/C13H27O2.Sn/c1-4-6-9-13(15-3,10-7-5-2)11-8-12-14;/h4-12H2,1-3H3;/q-1;+1. The van der Waals surface area contributed by atoms with Gasteiger partial charge in [-0.2, -0.15) is 0 Å². The van der Waals surface area contributed by atoms with Crippen LogP contribution in [0.5, 0.6) is 0 Å². The molecular weight excluding hydrogens is 307 g/mol. The fourth-order valence-corrected chi connectivity index (χ4v) is 2.56.